The molecule has 0 amide bonds. The molecule has 0 aliphatic rings. The fourth-order valence-electron chi connectivity index (χ4n) is 1.07. The molecular weight excluding hydrogens is 196 g/mol. The van der Waals surface area contributed by atoms with E-state index in [9.17, 15) is 9.59 Å². The van der Waals surface area contributed by atoms with Crippen LogP contribution in [0, 0.1) is 0 Å². The summed E-state index contributed by atoms with van der Waals surface area (Å²) < 4.78 is 0. The lowest BCUT2D eigenvalue weighted by Crippen LogP contribution is -1.95. The number of carbonyl (C=O) groups is 2. The third-order valence-electron chi connectivity index (χ3n) is 1.74. The van der Waals surface area contributed by atoms with Gasteiger partial charge in [-0.05, 0) is 17.7 Å². The Morgan fingerprint density at radius 1 is 1.27 bits per heavy atom. The quantitative estimate of drug-likeness (QED) is 0.788. The van der Waals surface area contributed by atoms with Gasteiger partial charge < -0.3 is 10.2 Å². The van der Waals surface area contributed by atoms with E-state index in [0.29, 0.717) is 5.56 Å². The summed E-state index contributed by atoms with van der Waals surface area (Å²) in [6.45, 7) is 0. The molecule has 1 aromatic rings. The first-order valence-electron chi connectivity index (χ1n) is 4.31. The highest BCUT2D eigenvalue weighted by Gasteiger charge is 2.01. The van der Waals surface area contributed by atoms with Crippen LogP contribution in [0.1, 0.15) is 22.3 Å². The Hall–Kier alpha value is -2.10. The minimum absolute atomic E-state index is 0.0721. The van der Waals surface area contributed by atoms with Gasteiger partial charge in [0, 0.05) is 0 Å². The average Bonchev–Trinajstić information content (AvgIpc) is 2.17. The fourth-order valence-corrected chi connectivity index (χ4v) is 1.07. The molecule has 1 aromatic carbocycles. The minimum atomic E-state index is -0.997. The van der Waals surface area contributed by atoms with E-state index >= 15 is 0 Å². The van der Waals surface area contributed by atoms with E-state index in [4.69, 9.17) is 10.2 Å². The van der Waals surface area contributed by atoms with Crippen LogP contribution in [0.25, 0.3) is 6.08 Å². The molecule has 0 aliphatic heterocycles. The molecule has 0 heterocycles. The van der Waals surface area contributed by atoms with Crippen LogP contribution in [0.5, 0.6) is 0 Å². The maximum absolute atomic E-state index is 10.6. The standard InChI is InChI=1S/C11H10O4/c12-10(13)6-2-4-8-3-1-5-9(7-8)11(14)15/h1-5,7H,6H2,(H,12,13)(H,14,15). The SMILES string of the molecule is O=C(O)CC=Cc1cccc(C(=O)O)c1. The van der Waals surface area contributed by atoms with Gasteiger partial charge in [-0.1, -0.05) is 24.3 Å². The number of benzene rings is 1. The molecule has 0 aliphatic carbocycles. The lowest BCUT2D eigenvalue weighted by molar-refractivity contribution is -0.135. The Balaban J connectivity index is 2.78. The lowest BCUT2D eigenvalue weighted by Gasteiger charge is -1.96. The molecule has 0 saturated carbocycles. The van der Waals surface area contributed by atoms with Crippen LogP contribution in [-0.4, -0.2) is 22.2 Å². The molecule has 2 N–H and O–H groups in total. The van der Waals surface area contributed by atoms with Crippen molar-refractivity contribution in [3.8, 4) is 0 Å². The molecule has 1 rings (SSSR count). The van der Waals surface area contributed by atoms with Crippen LogP contribution in [-0.2, 0) is 4.79 Å². The maximum atomic E-state index is 10.6. The van der Waals surface area contributed by atoms with Crippen LogP contribution in [0.4, 0.5) is 0 Å². The van der Waals surface area contributed by atoms with E-state index in [-0.39, 0.29) is 12.0 Å². The van der Waals surface area contributed by atoms with Gasteiger partial charge in [-0.2, -0.15) is 0 Å². The van der Waals surface area contributed by atoms with Gasteiger partial charge in [0.05, 0.1) is 12.0 Å². The molecule has 0 spiro atoms. The first-order chi connectivity index (χ1) is 7.09. The maximum Gasteiger partial charge on any atom is 0.335 e. The van der Waals surface area contributed by atoms with Crippen LogP contribution in [0.2, 0.25) is 0 Å². The van der Waals surface area contributed by atoms with E-state index < -0.39 is 11.9 Å². The molecule has 15 heavy (non-hydrogen) atoms. The number of aliphatic carboxylic acids is 1. The zero-order chi connectivity index (χ0) is 11.3. The summed E-state index contributed by atoms with van der Waals surface area (Å²) in [4.78, 5) is 20.8. The van der Waals surface area contributed by atoms with Crippen molar-refractivity contribution in [1.29, 1.82) is 0 Å². The Labute approximate surface area is 86.5 Å². The second-order valence-corrected chi connectivity index (χ2v) is 2.93. The monoisotopic (exact) mass is 206 g/mol. The second kappa shape index (κ2) is 4.95. The molecule has 0 saturated heterocycles. The summed E-state index contributed by atoms with van der Waals surface area (Å²) in [7, 11) is 0. The number of rotatable bonds is 4. The fraction of sp³-hybridized carbons (Fsp3) is 0.0909. The highest BCUT2D eigenvalue weighted by Crippen LogP contribution is 2.07. The molecule has 0 bridgehead atoms. The summed E-state index contributed by atoms with van der Waals surface area (Å²) in [6, 6.07) is 6.30. The van der Waals surface area contributed by atoms with E-state index in [0.717, 1.165) is 0 Å². The number of hydrogen-bond donors (Lipinski definition) is 2. The highest BCUT2D eigenvalue weighted by molar-refractivity contribution is 5.88. The smallest absolute Gasteiger partial charge is 0.335 e. The van der Waals surface area contributed by atoms with E-state index in [2.05, 4.69) is 0 Å². The number of carboxylic acids is 2. The van der Waals surface area contributed by atoms with Gasteiger partial charge in [0.1, 0.15) is 0 Å². The van der Waals surface area contributed by atoms with Crippen molar-refractivity contribution in [2.45, 2.75) is 6.42 Å². The normalized spacial score (nSPS) is 10.4. The molecule has 4 heteroatoms. The molecule has 0 atom stereocenters. The van der Waals surface area contributed by atoms with Gasteiger partial charge in [0.25, 0.3) is 0 Å². The van der Waals surface area contributed by atoms with E-state index in [1.54, 1.807) is 18.2 Å². The number of carboxylic acid groups (broad SMARTS) is 2. The van der Waals surface area contributed by atoms with Gasteiger partial charge in [0.15, 0.2) is 0 Å². The third-order valence-corrected chi connectivity index (χ3v) is 1.74. The summed E-state index contributed by atoms with van der Waals surface area (Å²) >= 11 is 0. The number of hydrogen-bond acceptors (Lipinski definition) is 2. The Morgan fingerprint density at radius 3 is 2.60 bits per heavy atom. The molecule has 0 radical (unpaired) electrons. The lowest BCUT2D eigenvalue weighted by atomic mass is 10.1. The second-order valence-electron chi connectivity index (χ2n) is 2.93. The summed E-state index contributed by atoms with van der Waals surface area (Å²) in [6.07, 6.45) is 2.99. The van der Waals surface area contributed by atoms with Crippen molar-refractivity contribution in [3.63, 3.8) is 0 Å². The van der Waals surface area contributed by atoms with Crippen molar-refractivity contribution < 1.29 is 19.8 Å². The van der Waals surface area contributed by atoms with Crippen LogP contribution >= 0.6 is 0 Å². The first-order valence-corrected chi connectivity index (χ1v) is 4.31. The summed E-state index contributed by atoms with van der Waals surface area (Å²) in [5.41, 5.74) is 0.864. The van der Waals surface area contributed by atoms with Crippen LogP contribution in [0.15, 0.2) is 30.3 Å². The molecular formula is C11H10O4. The molecule has 0 fully saturated rings. The minimum Gasteiger partial charge on any atom is -0.481 e. The van der Waals surface area contributed by atoms with Crippen LogP contribution < -0.4 is 0 Å². The van der Waals surface area contributed by atoms with Crippen molar-refractivity contribution in [2.75, 3.05) is 0 Å². The largest absolute Gasteiger partial charge is 0.481 e. The highest BCUT2D eigenvalue weighted by atomic mass is 16.4. The number of aromatic carboxylic acids is 1. The summed E-state index contributed by atoms with van der Waals surface area (Å²) in [5.74, 6) is -1.91. The zero-order valence-electron chi connectivity index (χ0n) is 7.88. The average molecular weight is 206 g/mol. The molecule has 78 valence electrons. The first kappa shape index (κ1) is 11.0. The Kier molecular flexibility index (Phi) is 3.62. The Bertz CT molecular complexity index is 407. The van der Waals surface area contributed by atoms with Gasteiger partial charge in [-0.25, -0.2) is 4.79 Å². The predicted octanol–water partition coefficient (Wildman–Crippen LogP) is 1.87. The van der Waals surface area contributed by atoms with Crippen molar-refractivity contribution in [3.05, 3.63) is 41.5 Å². The molecule has 0 aromatic heterocycles. The Morgan fingerprint density at radius 2 is 2.00 bits per heavy atom. The van der Waals surface area contributed by atoms with Gasteiger partial charge in [0.2, 0.25) is 0 Å². The van der Waals surface area contributed by atoms with E-state index in [1.165, 1.54) is 18.2 Å². The third kappa shape index (κ3) is 3.64. The van der Waals surface area contributed by atoms with Gasteiger partial charge >= 0.3 is 11.9 Å². The summed E-state index contributed by atoms with van der Waals surface area (Å²) in [5, 5.41) is 17.1. The van der Waals surface area contributed by atoms with Gasteiger partial charge in [-0.15, -0.1) is 0 Å². The van der Waals surface area contributed by atoms with E-state index in [1.807, 2.05) is 0 Å². The van der Waals surface area contributed by atoms with Gasteiger partial charge in [-0.3, -0.25) is 4.79 Å². The van der Waals surface area contributed by atoms with Crippen molar-refractivity contribution >= 4 is 18.0 Å². The predicted molar refractivity (Wildman–Crippen MR) is 54.7 cm³/mol. The molecule has 4 nitrogen and oxygen atoms in total. The molecule has 0 unspecified atom stereocenters. The zero-order valence-corrected chi connectivity index (χ0v) is 7.88. The topological polar surface area (TPSA) is 74.6 Å². The van der Waals surface area contributed by atoms with Crippen molar-refractivity contribution in [1.82, 2.24) is 0 Å². The van der Waals surface area contributed by atoms with Crippen molar-refractivity contribution in [2.24, 2.45) is 0 Å². The van der Waals surface area contributed by atoms with Crippen LogP contribution in [0.3, 0.4) is 0 Å².